The maximum absolute atomic E-state index is 13.1. The van der Waals surface area contributed by atoms with Crippen LogP contribution in [0.1, 0.15) is 11.1 Å². The normalized spacial score (nSPS) is 12.3. The van der Waals surface area contributed by atoms with Crippen LogP contribution in [0.15, 0.2) is 60.2 Å². The molecule has 0 fully saturated rings. The lowest BCUT2D eigenvalue weighted by Gasteiger charge is -2.15. The Balaban J connectivity index is 1.85. The Morgan fingerprint density at radius 2 is 1.43 bits per heavy atom. The van der Waals surface area contributed by atoms with E-state index < -0.39 is 23.5 Å². The van der Waals surface area contributed by atoms with E-state index in [0.717, 1.165) is 11.1 Å². The number of hydrogen-bond donors (Lipinski definition) is 1. The molecule has 0 saturated heterocycles. The van der Waals surface area contributed by atoms with Gasteiger partial charge in [0.1, 0.15) is 17.0 Å². The third-order valence-corrected chi connectivity index (χ3v) is 5.19. The van der Waals surface area contributed by atoms with Crippen molar-refractivity contribution >= 4 is 33.1 Å². The van der Waals surface area contributed by atoms with Crippen LogP contribution >= 0.6 is 11.3 Å². The summed E-state index contributed by atoms with van der Waals surface area (Å²) in [7, 11) is 0. The zero-order valence-electron chi connectivity index (χ0n) is 14.8. The highest BCUT2D eigenvalue weighted by Crippen LogP contribution is 2.40. The van der Waals surface area contributed by atoms with Crippen molar-refractivity contribution in [1.82, 2.24) is 9.97 Å². The molecule has 4 rings (SSSR count). The highest BCUT2D eigenvalue weighted by Gasteiger charge is 2.37. The minimum atomic E-state index is -4.93. The van der Waals surface area contributed by atoms with E-state index in [9.17, 15) is 26.3 Å². The van der Waals surface area contributed by atoms with Crippen LogP contribution in [0, 0.1) is 0 Å². The molecule has 0 amide bonds. The molecule has 0 unspecified atom stereocenters. The Kier molecular flexibility index (Phi) is 4.89. The van der Waals surface area contributed by atoms with E-state index >= 15 is 0 Å². The van der Waals surface area contributed by atoms with E-state index in [1.165, 1.54) is 17.7 Å². The number of nitrogens with zero attached hydrogens (tertiary/aromatic N) is 2. The van der Waals surface area contributed by atoms with Gasteiger partial charge in [0.05, 0.1) is 16.5 Å². The zero-order chi connectivity index (χ0) is 21.5. The lowest BCUT2D eigenvalue weighted by Crippen LogP contribution is -2.11. The fourth-order valence-corrected chi connectivity index (χ4v) is 3.88. The second kappa shape index (κ2) is 7.28. The van der Waals surface area contributed by atoms with Crippen LogP contribution in [-0.4, -0.2) is 9.97 Å². The molecule has 10 heteroatoms. The monoisotopic (exact) mass is 439 g/mol. The third kappa shape index (κ3) is 3.95. The van der Waals surface area contributed by atoms with Gasteiger partial charge in [-0.25, -0.2) is 9.97 Å². The number of aromatic nitrogens is 2. The molecule has 0 saturated carbocycles. The summed E-state index contributed by atoms with van der Waals surface area (Å²) in [6, 6.07) is 10.5. The smallest absolute Gasteiger partial charge is 0.340 e. The van der Waals surface area contributed by atoms with Gasteiger partial charge in [-0.2, -0.15) is 26.3 Å². The van der Waals surface area contributed by atoms with Gasteiger partial charge in [-0.15, -0.1) is 11.3 Å². The Labute approximate surface area is 170 Å². The first kappa shape index (κ1) is 20.1. The molecule has 0 atom stereocenters. The summed E-state index contributed by atoms with van der Waals surface area (Å²) in [6.45, 7) is 0. The van der Waals surface area contributed by atoms with Crippen molar-refractivity contribution in [3.8, 4) is 11.1 Å². The molecule has 3 nitrogen and oxygen atoms in total. The van der Waals surface area contributed by atoms with Gasteiger partial charge >= 0.3 is 12.4 Å². The second-order valence-electron chi connectivity index (χ2n) is 6.34. The number of fused-ring (bicyclic) bond motifs is 1. The average Bonchev–Trinajstić information content (AvgIpc) is 3.12. The molecule has 0 radical (unpaired) electrons. The first-order valence-electron chi connectivity index (χ1n) is 8.47. The van der Waals surface area contributed by atoms with Crippen molar-refractivity contribution < 1.29 is 26.3 Å². The van der Waals surface area contributed by atoms with Crippen LogP contribution in [0.2, 0.25) is 0 Å². The van der Waals surface area contributed by atoms with Crippen molar-refractivity contribution in [2.45, 2.75) is 12.4 Å². The fraction of sp³-hybridized carbons (Fsp3) is 0.100. The number of rotatable bonds is 3. The summed E-state index contributed by atoms with van der Waals surface area (Å²) >= 11 is 1.30. The molecule has 0 spiro atoms. The molecule has 0 bridgehead atoms. The van der Waals surface area contributed by atoms with Crippen LogP contribution in [0.3, 0.4) is 0 Å². The minimum absolute atomic E-state index is 0.0841. The second-order valence-corrected chi connectivity index (χ2v) is 7.20. The molecule has 1 N–H and O–H groups in total. The summed E-state index contributed by atoms with van der Waals surface area (Å²) in [5, 5.41) is 4.95. The largest absolute Gasteiger partial charge is 0.416 e. The van der Waals surface area contributed by atoms with E-state index in [-0.39, 0.29) is 17.6 Å². The van der Waals surface area contributed by atoms with Gasteiger partial charge in [0.15, 0.2) is 0 Å². The van der Waals surface area contributed by atoms with Crippen molar-refractivity contribution in [2.24, 2.45) is 0 Å². The van der Waals surface area contributed by atoms with Gasteiger partial charge in [-0.05, 0) is 23.8 Å². The first-order valence-corrected chi connectivity index (χ1v) is 9.35. The van der Waals surface area contributed by atoms with Gasteiger partial charge in [-0.1, -0.05) is 30.3 Å². The van der Waals surface area contributed by atoms with Crippen molar-refractivity contribution in [3.63, 3.8) is 0 Å². The molecule has 0 aliphatic rings. The van der Waals surface area contributed by atoms with Gasteiger partial charge in [0.25, 0.3) is 0 Å². The van der Waals surface area contributed by atoms with E-state index in [2.05, 4.69) is 15.3 Å². The number of halogens is 6. The highest BCUT2D eigenvalue weighted by molar-refractivity contribution is 7.17. The van der Waals surface area contributed by atoms with Crippen LogP contribution in [0.5, 0.6) is 0 Å². The summed E-state index contributed by atoms with van der Waals surface area (Å²) in [6.07, 6.45) is -8.67. The number of benzene rings is 2. The SMILES string of the molecule is FC(F)(F)c1cc(Nc2ncnc3scc(-c4ccccc4)c23)cc(C(F)(F)F)c1. The number of thiophene rings is 1. The van der Waals surface area contributed by atoms with E-state index in [4.69, 9.17) is 0 Å². The molecule has 0 aliphatic heterocycles. The third-order valence-electron chi connectivity index (χ3n) is 4.31. The van der Waals surface area contributed by atoms with Crippen molar-refractivity contribution in [3.05, 3.63) is 71.4 Å². The molecule has 2 aromatic heterocycles. The number of nitrogens with one attached hydrogen (secondary N) is 1. The molecule has 2 heterocycles. The Morgan fingerprint density at radius 3 is 2.03 bits per heavy atom. The molecular formula is C20H11F6N3S. The van der Waals surface area contributed by atoms with Crippen molar-refractivity contribution in [2.75, 3.05) is 5.32 Å². The number of anilines is 2. The number of alkyl halides is 6. The lowest BCUT2D eigenvalue weighted by molar-refractivity contribution is -0.143. The van der Waals surface area contributed by atoms with E-state index in [1.807, 2.05) is 35.7 Å². The van der Waals surface area contributed by atoms with Gasteiger partial charge in [-0.3, -0.25) is 0 Å². The molecule has 4 aromatic rings. The highest BCUT2D eigenvalue weighted by atomic mass is 32.1. The molecule has 30 heavy (non-hydrogen) atoms. The van der Waals surface area contributed by atoms with Gasteiger partial charge in [0.2, 0.25) is 0 Å². The Morgan fingerprint density at radius 1 is 0.800 bits per heavy atom. The predicted octanol–water partition coefficient (Wildman–Crippen LogP) is 7.14. The minimum Gasteiger partial charge on any atom is -0.340 e. The Bertz CT molecular complexity index is 1170. The van der Waals surface area contributed by atoms with Crippen molar-refractivity contribution in [1.29, 1.82) is 0 Å². The lowest BCUT2D eigenvalue weighted by atomic mass is 10.1. The Hall–Kier alpha value is -3.14. The predicted molar refractivity (Wildman–Crippen MR) is 103 cm³/mol. The van der Waals surface area contributed by atoms with Crippen LogP contribution in [0.4, 0.5) is 37.8 Å². The zero-order valence-corrected chi connectivity index (χ0v) is 15.7. The maximum atomic E-state index is 13.1. The topological polar surface area (TPSA) is 37.8 Å². The van der Waals surface area contributed by atoms with Gasteiger partial charge in [0, 0.05) is 16.6 Å². The average molecular weight is 439 g/mol. The summed E-state index contributed by atoms with van der Waals surface area (Å²) < 4.78 is 78.9. The van der Waals surface area contributed by atoms with E-state index in [1.54, 1.807) is 0 Å². The molecule has 0 aliphatic carbocycles. The maximum Gasteiger partial charge on any atom is 0.416 e. The van der Waals surface area contributed by atoms with Crippen LogP contribution in [0.25, 0.3) is 21.3 Å². The number of hydrogen-bond acceptors (Lipinski definition) is 4. The van der Waals surface area contributed by atoms with Crippen LogP contribution < -0.4 is 5.32 Å². The van der Waals surface area contributed by atoms with Crippen LogP contribution in [-0.2, 0) is 12.4 Å². The standard InChI is InChI=1S/C20H11F6N3S/c21-19(22,23)12-6-13(20(24,25)26)8-14(7-12)29-17-16-15(11-4-2-1-3-5-11)9-30-18(16)28-10-27-17/h1-10H,(H,27,28,29). The summed E-state index contributed by atoms with van der Waals surface area (Å²) in [5.74, 6) is 0.118. The molecular weight excluding hydrogens is 428 g/mol. The summed E-state index contributed by atoms with van der Waals surface area (Å²) in [4.78, 5) is 8.77. The quantitative estimate of drug-likeness (QED) is 0.345. The molecule has 2 aromatic carbocycles. The fourth-order valence-electron chi connectivity index (χ4n) is 2.96. The molecule has 154 valence electrons. The van der Waals surface area contributed by atoms with Gasteiger partial charge < -0.3 is 5.32 Å². The first-order chi connectivity index (χ1) is 14.1. The van der Waals surface area contributed by atoms with E-state index in [0.29, 0.717) is 22.3 Å². The summed E-state index contributed by atoms with van der Waals surface area (Å²) in [5.41, 5.74) is -1.64.